The molecule has 9 aromatic carbocycles. The zero-order chi connectivity index (χ0) is 79.9. The number of carbonyl (C=O) groups excluding carboxylic acids is 6. The van der Waals surface area contributed by atoms with Gasteiger partial charge in [-0.1, -0.05) is 130 Å². The molecule has 0 saturated carbocycles. The van der Waals surface area contributed by atoms with E-state index in [-0.39, 0.29) is 23.9 Å². The number of hydrogen-bond donors (Lipinski definition) is 0. The zero-order valence-electron chi connectivity index (χ0n) is 65.2. The van der Waals surface area contributed by atoms with E-state index >= 15 is 0 Å². The summed E-state index contributed by atoms with van der Waals surface area (Å²) in [7, 11) is 0. The third kappa shape index (κ3) is 28.6. The summed E-state index contributed by atoms with van der Waals surface area (Å²) in [6.45, 7) is 35.4. The molecule has 15 nitrogen and oxygen atoms in total. The Morgan fingerprint density at radius 2 is 0.405 bits per heavy atom. The van der Waals surface area contributed by atoms with E-state index in [0.29, 0.717) is 52.5 Å². The van der Waals surface area contributed by atoms with Crippen molar-refractivity contribution < 1.29 is 57.2 Å². The Hall–Kier alpha value is -12.4. The van der Waals surface area contributed by atoms with E-state index in [1.165, 1.54) is 92.1 Å². The summed E-state index contributed by atoms with van der Waals surface area (Å²) in [6.07, 6.45) is 16.9. The quantitative estimate of drug-likeness (QED) is 0.0154. The third-order valence-electron chi connectivity index (χ3n) is 18.6. The summed E-state index contributed by atoms with van der Waals surface area (Å²) in [5.41, 5.74) is 24.1. The molecule has 0 bridgehead atoms. The van der Waals surface area contributed by atoms with Crippen molar-refractivity contribution in [3.8, 4) is 0 Å². The molecule has 576 valence electrons. The van der Waals surface area contributed by atoms with E-state index in [9.17, 15) is 28.8 Å². The van der Waals surface area contributed by atoms with Crippen LogP contribution in [-0.4, -0.2) is 75.5 Å². The molecule has 0 amide bonds. The number of rotatable bonds is 39. The van der Waals surface area contributed by atoms with Crippen LogP contribution in [0.5, 0.6) is 0 Å². The number of hydrogen-bond acceptors (Lipinski definition) is 15. The van der Waals surface area contributed by atoms with Gasteiger partial charge in [0.2, 0.25) is 0 Å². The maximum absolute atomic E-state index is 11.3. The van der Waals surface area contributed by atoms with Crippen LogP contribution in [0.2, 0.25) is 0 Å². The second-order valence-corrected chi connectivity index (χ2v) is 26.7. The van der Waals surface area contributed by atoms with Gasteiger partial charge in [-0.2, -0.15) is 0 Å². The van der Waals surface area contributed by atoms with Gasteiger partial charge in [-0.3, -0.25) is 0 Å². The Kier molecular flexibility index (Phi) is 35.7. The van der Waals surface area contributed by atoms with Crippen molar-refractivity contribution >= 4 is 87.0 Å². The molecule has 0 spiro atoms. The Balaban J connectivity index is 0.000000232. The van der Waals surface area contributed by atoms with Crippen molar-refractivity contribution in [1.82, 2.24) is 0 Å². The first-order chi connectivity index (χ1) is 53.7. The molecule has 0 atom stereocenters. The molecule has 15 heteroatoms. The highest BCUT2D eigenvalue weighted by atomic mass is 16.5. The maximum atomic E-state index is 11.3. The molecule has 0 N–H and O–H groups in total. The molecule has 0 aliphatic heterocycles. The van der Waals surface area contributed by atoms with Crippen LogP contribution in [-0.2, 0) is 95.7 Å². The average molecular weight is 1490 g/mol. The minimum atomic E-state index is -0.412. The zero-order valence-corrected chi connectivity index (χ0v) is 65.2. The van der Waals surface area contributed by atoms with E-state index in [4.69, 9.17) is 28.4 Å². The van der Waals surface area contributed by atoms with Gasteiger partial charge in [0.25, 0.3) is 0 Å². The van der Waals surface area contributed by atoms with Crippen LogP contribution in [0.1, 0.15) is 105 Å². The van der Waals surface area contributed by atoms with Gasteiger partial charge in [0, 0.05) is 100 Å². The lowest BCUT2D eigenvalue weighted by Crippen LogP contribution is -2.11. The van der Waals surface area contributed by atoms with Gasteiger partial charge in [0.05, 0.1) is 39.6 Å². The fourth-order valence-corrected chi connectivity index (χ4v) is 11.8. The van der Waals surface area contributed by atoms with Gasteiger partial charge >= 0.3 is 35.8 Å². The van der Waals surface area contributed by atoms with Gasteiger partial charge in [0.15, 0.2) is 0 Å². The highest BCUT2D eigenvalue weighted by Gasteiger charge is 2.18. The molecule has 0 fully saturated rings. The Morgan fingerprint density at radius 3 is 0.613 bits per heavy atom. The van der Waals surface area contributed by atoms with Crippen LogP contribution in [0, 0.1) is 41.5 Å². The molecule has 0 aliphatic rings. The van der Waals surface area contributed by atoms with Gasteiger partial charge in [-0.05, 0) is 282 Å². The van der Waals surface area contributed by atoms with Crippen molar-refractivity contribution in [2.45, 2.75) is 119 Å². The number of aryl methyl sites for hydroxylation is 10. The Bertz CT molecular complexity index is 4350. The number of benzene rings is 9. The predicted octanol–water partition coefficient (Wildman–Crippen LogP) is 21.3. The van der Waals surface area contributed by atoms with Crippen LogP contribution in [0.3, 0.4) is 0 Å². The highest BCUT2D eigenvalue weighted by molar-refractivity contribution is 5.84. The van der Waals surface area contributed by atoms with Crippen molar-refractivity contribution in [2.75, 3.05) is 54.3 Å². The predicted molar refractivity (Wildman–Crippen MR) is 449 cm³/mol. The number of esters is 6. The second-order valence-electron chi connectivity index (χ2n) is 26.7. The summed E-state index contributed by atoms with van der Waals surface area (Å²) in [5, 5.41) is 0. The lowest BCUT2D eigenvalue weighted by molar-refractivity contribution is -0.138. The SMILES string of the molecule is C=CC(=O)OCCCCc1ccc(N(c2ccc(CCCCOC(=O)C=C)cc2)c2ccc(C)c(C)c2)cc1.C=CC(=O)OCCCc1ccc(N(c2ccc(CCCOC(=O)C=C)cc2)c2ccc(C)c(C)c2)cc1.C=CC(=O)OCCc1ccc(N(c2ccc(CCOC(=O)C=C)cc2)c2ccc(C)c(C)c2)cc1. The fourth-order valence-electron chi connectivity index (χ4n) is 11.8. The van der Waals surface area contributed by atoms with Gasteiger partial charge < -0.3 is 43.1 Å². The van der Waals surface area contributed by atoms with E-state index in [1.54, 1.807) is 0 Å². The molecule has 0 aromatic heterocycles. The smallest absolute Gasteiger partial charge is 0.330 e. The van der Waals surface area contributed by atoms with Crippen LogP contribution < -0.4 is 14.7 Å². The van der Waals surface area contributed by atoms with Crippen LogP contribution in [0.25, 0.3) is 0 Å². The normalized spacial score (nSPS) is 10.4. The minimum absolute atomic E-state index is 0.314. The van der Waals surface area contributed by atoms with E-state index in [1.807, 2.05) is 24.3 Å². The van der Waals surface area contributed by atoms with Crippen molar-refractivity contribution in [3.05, 3.63) is 343 Å². The lowest BCUT2D eigenvalue weighted by atomic mass is 10.0. The molecule has 0 aliphatic carbocycles. The Labute approximate surface area is 656 Å². The molecule has 0 unspecified atom stereocenters. The summed E-state index contributed by atoms with van der Waals surface area (Å²) < 4.78 is 30.5. The van der Waals surface area contributed by atoms with Gasteiger partial charge in [-0.25, -0.2) is 28.8 Å². The third-order valence-corrected chi connectivity index (χ3v) is 18.6. The molecule has 9 aromatic rings. The summed E-state index contributed by atoms with van der Waals surface area (Å²) in [6, 6.07) is 70.3. The molecule has 0 radical (unpaired) electrons. The van der Waals surface area contributed by atoms with Crippen molar-refractivity contribution in [2.24, 2.45) is 0 Å². The minimum Gasteiger partial charge on any atom is -0.463 e. The number of unbranched alkanes of at least 4 members (excludes halogenated alkanes) is 2. The molecule has 0 heterocycles. The molecular weight excluding hydrogens is 1390 g/mol. The average Bonchev–Trinajstić information content (AvgIpc) is 0.812. The first-order valence-electron chi connectivity index (χ1n) is 37.6. The number of nitrogens with zero attached hydrogens (tertiary/aromatic N) is 3. The monoisotopic (exact) mass is 1490 g/mol. The van der Waals surface area contributed by atoms with E-state index < -0.39 is 11.9 Å². The molecular formula is C96H105N3O12. The number of ether oxygens (including phenoxy) is 6. The van der Waals surface area contributed by atoms with Gasteiger partial charge in [0.1, 0.15) is 0 Å². The lowest BCUT2D eigenvalue weighted by Gasteiger charge is -2.26. The largest absolute Gasteiger partial charge is 0.463 e. The first-order valence-corrected chi connectivity index (χ1v) is 37.6. The summed E-state index contributed by atoms with van der Waals surface area (Å²) in [4.78, 5) is 74.0. The van der Waals surface area contributed by atoms with Crippen LogP contribution >= 0.6 is 0 Å². The fraction of sp³-hybridized carbons (Fsp3) is 0.250. The maximum Gasteiger partial charge on any atom is 0.330 e. The number of anilines is 9. The van der Waals surface area contributed by atoms with Crippen molar-refractivity contribution in [3.63, 3.8) is 0 Å². The summed E-state index contributed by atoms with van der Waals surface area (Å²) >= 11 is 0. The number of carbonyl (C=O) groups is 6. The van der Waals surface area contributed by atoms with Crippen molar-refractivity contribution in [1.29, 1.82) is 0 Å². The summed E-state index contributed by atoms with van der Waals surface area (Å²) in [5.74, 6) is -2.34. The molecule has 111 heavy (non-hydrogen) atoms. The van der Waals surface area contributed by atoms with Crippen LogP contribution in [0.15, 0.2) is 276 Å². The Morgan fingerprint density at radius 1 is 0.225 bits per heavy atom. The van der Waals surface area contributed by atoms with E-state index in [0.717, 1.165) is 127 Å². The molecule has 0 saturated heterocycles. The van der Waals surface area contributed by atoms with E-state index in [2.05, 4.69) is 272 Å². The highest BCUT2D eigenvalue weighted by Crippen LogP contribution is 2.39. The molecule has 9 rings (SSSR count). The topological polar surface area (TPSA) is 168 Å². The standard InChI is InChI=1S/C34H39NO4.C32H35NO4.C30H31NO4/c1-5-33(36)38-23-9-7-11-28-14-19-30(20-15-28)35(32-18-13-26(3)27(4)25-32)31-21-16-29(17-22-31)12-8-10-24-39-34(37)6-2;1-5-31(34)36-21-7-9-26-12-17-28(18-13-26)33(30-16-11-24(3)25(4)23-30)29-19-14-27(15-20-29)10-8-22-37-32(35)6-2;1-5-29(32)34-19-17-24-8-13-26(14-9-24)31(28-12-7-22(3)23(4)21-28)27-15-10-25(11-16-27)18-20-35-30(33)6-2/h5-6,13-22,25H,1-2,7-12,23-24H2,3-4H3;5-6,11-20,23H,1-2,7-10,21-22H2,3-4H3;5-16,21H,1-2,17-20H2,3-4H3. The second kappa shape index (κ2) is 46.1. The first kappa shape index (κ1) is 85.9. The van der Waals surface area contributed by atoms with Crippen LogP contribution in [0.4, 0.5) is 51.2 Å². The van der Waals surface area contributed by atoms with Gasteiger partial charge in [-0.15, -0.1) is 0 Å².